The molecule has 1 aromatic carbocycles. The van der Waals surface area contributed by atoms with E-state index in [4.69, 9.17) is 5.73 Å². The molecule has 0 heterocycles. The zero-order valence-corrected chi connectivity index (χ0v) is 12.0. The first-order valence-corrected chi connectivity index (χ1v) is 7.26. The fourth-order valence-corrected chi connectivity index (χ4v) is 1.94. The molecule has 0 aromatic heterocycles. The third-order valence-corrected chi connectivity index (χ3v) is 3.26. The van der Waals surface area contributed by atoms with Gasteiger partial charge in [-0.05, 0) is 42.7 Å². The molecule has 1 rings (SSSR count). The van der Waals surface area contributed by atoms with Gasteiger partial charge in [-0.2, -0.15) is 11.8 Å². The first-order valence-electron chi connectivity index (χ1n) is 5.87. The van der Waals surface area contributed by atoms with E-state index in [2.05, 4.69) is 5.32 Å². The lowest BCUT2D eigenvalue weighted by Gasteiger charge is -2.14. The zero-order valence-electron chi connectivity index (χ0n) is 11.1. The van der Waals surface area contributed by atoms with Crippen molar-refractivity contribution in [2.24, 2.45) is 5.73 Å². The Morgan fingerprint density at radius 1 is 1.39 bits per heavy atom. The van der Waals surface area contributed by atoms with Crippen LogP contribution in [0.3, 0.4) is 0 Å². The maximum atomic E-state index is 11.8. The standard InChI is InChI=1S/C13H21N3OS/c1-16(2)11-6-4-10(5-7-11)15-13(17)12(14)8-9-18-3/h4-7,12H,8-9,14H2,1-3H3,(H,15,17)/t12-/m0/s1. The highest BCUT2D eigenvalue weighted by Crippen LogP contribution is 2.15. The molecule has 0 spiro atoms. The van der Waals surface area contributed by atoms with Crippen LogP contribution in [0.4, 0.5) is 11.4 Å². The maximum absolute atomic E-state index is 11.8. The summed E-state index contributed by atoms with van der Waals surface area (Å²) in [6.07, 6.45) is 2.70. The highest BCUT2D eigenvalue weighted by atomic mass is 32.2. The summed E-state index contributed by atoms with van der Waals surface area (Å²) in [6.45, 7) is 0. The van der Waals surface area contributed by atoms with E-state index in [0.29, 0.717) is 6.42 Å². The maximum Gasteiger partial charge on any atom is 0.241 e. The van der Waals surface area contributed by atoms with Gasteiger partial charge in [0.05, 0.1) is 6.04 Å². The van der Waals surface area contributed by atoms with Gasteiger partial charge in [0, 0.05) is 25.5 Å². The molecular weight excluding hydrogens is 246 g/mol. The molecule has 0 saturated heterocycles. The lowest BCUT2D eigenvalue weighted by Crippen LogP contribution is -2.36. The number of rotatable bonds is 6. The van der Waals surface area contributed by atoms with E-state index in [-0.39, 0.29) is 5.91 Å². The van der Waals surface area contributed by atoms with Crippen LogP contribution >= 0.6 is 11.8 Å². The lowest BCUT2D eigenvalue weighted by molar-refractivity contribution is -0.117. The van der Waals surface area contributed by atoms with Gasteiger partial charge in [-0.25, -0.2) is 0 Å². The molecule has 18 heavy (non-hydrogen) atoms. The minimum absolute atomic E-state index is 0.123. The predicted octanol–water partition coefficient (Wildman–Crippen LogP) is 1.77. The smallest absolute Gasteiger partial charge is 0.241 e. The average molecular weight is 267 g/mol. The van der Waals surface area contributed by atoms with Crippen molar-refractivity contribution in [3.05, 3.63) is 24.3 Å². The van der Waals surface area contributed by atoms with Gasteiger partial charge in [-0.1, -0.05) is 0 Å². The van der Waals surface area contributed by atoms with E-state index in [0.717, 1.165) is 17.1 Å². The molecule has 3 N–H and O–H groups in total. The van der Waals surface area contributed by atoms with Crippen LogP contribution in [0.15, 0.2) is 24.3 Å². The third kappa shape index (κ3) is 4.58. The van der Waals surface area contributed by atoms with E-state index in [1.165, 1.54) is 0 Å². The van der Waals surface area contributed by atoms with Crippen molar-refractivity contribution in [1.82, 2.24) is 0 Å². The number of amides is 1. The van der Waals surface area contributed by atoms with Crippen LogP contribution in [0.2, 0.25) is 0 Å². The summed E-state index contributed by atoms with van der Waals surface area (Å²) in [7, 11) is 3.96. The molecule has 0 aliphatic rings. The van der Waals surface area contributed by atoms with Crippen LogP contribution in [-0.4, -0.2) is 38.1 Å². The van der Waals surface area contributed by atoms with E-state index in [9.17, 15) is 4.79 Å². The first-order chi connectivity index (χ1) is 8.54. The van der Waals surface area contributed by atoms with Gasteiger partial charge in [0.15, 0.2) is 0 Å². The summed E-state index contributed by atoms with van der Waals surface area (Å²) in [6, 6.07) is 7.25. The monoisotopic (exact) mass is 267 g/mol. The largest absolute Gasteiger partial charge is 0.378 e. The first kappa shape index (κ1) is 14.9. The lowest BCUT2D eigenvalue weighted by atomic mass is 10.2. The number of nitrogens with one attached hydrogen (secondary N) is 1. The van der Waals surface area contributed by atoms with Crippen LogP contribution in [0, 0.1) is 0 Å². The molecule has 0 aliphatic heterocycles. The van der Waals surface area contributed by atoms with Gasteiger partial charge in [0.2, 0.25) is 5.91 Å². The number of nitrogens with zero attached hydrogens (tertiary/aromatic N) is 1. The van der Waals surface area contributed by atoms with Crippen LogP contribution in [-0.2, 0) is 4.79 Å². The highest BCUT2D eigenvalue weighted by Gasteiger charge is 2.12. The fraction of sp³-hybridized carbons (Fsp3) is 0.462. The van der Waals surface area contributed by atoms with Crippen molar-refractivity contribution >= 4 is 29.0 Å². The number of hydrogen-bond donors (Lipinski definition) is 2. The quantitative estimate of drug-likeness (QED) is 0.825. The van der Waals surface area contributed by atoms with Gasteiger partial charge >= 0.3 is 0 Å². The SMILES string of the molecule is CSCC[C@H](N)C(=O)Nc1ccc(N(C)C)cc1. The summed E-state index contributed by atoms with van der Waals surface area (Å²) in [4.78, 5) is 13.8. The number of carbonyl (C=O) groups is 1. The number of carbonyl (C=O) groups excluding carboxylic acids is 1. The number of hydrogen-bond acceptors (Lipinski definition) is 4. The van der Waals surface area contributed by atoms with Gasteiger partial charge in [0.25, 0.3) is 0 Å². The van der Waals surface area contributed by atoms with Crippen LogP contribution < -0.4 is 16.0 Å². The molecular formula is C13H21N3OS. The molecule has 100 valence electrons. The van der Waals surface area contributed by atoms with Gasteiger partial charge in [0.1, 0.15) is 0 Å². The van der Waals surface area contributed by atoms with E-state index in [1.807, 2.05) is 49.5 Å². The Morgan fingerprint density at radius 3 is 2.50 bits per heavy atom. The van der Waals surface area contributed by atoms with Crippen molar-refractivity contribution in [2.45, 2.75) is 12.5 Å². The minimum atomic E-state index is -0.439. The molecule has 1 atom stereocenters. The topological polar surface area (TPSA) is 58.4 Å². The van der Waals surface area contributed by atoms with E-state index in [1.54, 1.807) is 11.8 Å². The van der Waals surface area contributed by atoms with Gasteiger partial charge in [-0.15, -0.1) is 0 Å². The zero-order chi connectivity index (χ0) is 13.5. The molecule has 0 aliphatic carbocycles. The van der Waals surface area contributed by atoms with E-state index >= 15 is 0 Å². The Bertz CT molecular complexity index is 378. The predicted molar refractivity (Wildman–Crippen MR) is 80.4 cm³/mol. The van der Waals surface area contributed by atoms with Crippen molar-refractivity contribution in [1.29, 1.82) is 0 Å². The Labute approximate surface area is 113 Å². The third-order valence-electron chi connectivity index (χ3n) is 2.62. The Balaban J connectivity index is 2.53. The number of nitrogens with two attached hydrogens (primary N) is 1. The Kier molecular flexibility index (Phi) is 6.01. The summed E-state index contributed by atoms with van der Waals surface area (Å²) in [5, 5.41) is 2.83. The number of anilines is 2. The van der Waals surface area contributed by atoms with Crippen molar-refractivity contribution in [2.75, 3.05) is 36.3 Å². The molecule has 0 bridgehead atoms. The minimum Gasteiger partial charge on any atom is -0.378 e. The Hall–Kier alpha value is -1.20. The summed E-state index contributed by atoms with van der Waals surface area (Å²) in [5.74, 6) is 0.774. The van der Waals surface area contributed by atoms with Crippen molar-refractivity contribution in [3.8, 4) is 0 Å². The van der Waals surface area contributed by atoms with Crippen LogP contribution in [0.25, 0.3) is 0 Å². The number of thioether (sulfide) groups is 1. The molecule has 0 fully saturated rings. The molecule has 0 radical (unpaired) electrons. The second-order valence-corrected chi connectivity index (χ2v) is 5.30. The molecule has 0 saturated carbocycles. The fourth-order valence-electron chi connectivity index (χ4n) is 1.45. The van der Waals surface area contributed by atoms with Gasteiger partial charge < -0.3 is 16.0 Å². The van der Waals surface area contributed by atoms with Crippen molar-refractivity contribution < 1.29 is 4.79 Å². The second kappa shape index (κ2) is 7.28. The molecule has 1 aromatic rings. The summed E-state index contributed by atoms with van der Waals surface area (Å²) in [5.41, 5.74) is 7.68. The molecule has 5 heteroatoms. The highest BCUT2D eigenvalue weighted by molar-refractivity contribution is 7.98. The molecule has 4 nitrogen and oxygen atoms in total. The summed E-state index contributed by atoms with van der Waals surface area (Å²) >= 11 is 1.69. The summed E-state index contributed by atoms with van der Waals surface area (Å²) < 4.78 is 0. The normalized spacial score (nSPS) is 12.0. The molecule has 0 unspecified atom stereocenters. The second-order valence-electron chi connectivity index (χ2n) is 4.32. The van der Waals surface area contributed by atoms with Gasteiger partial charge in [-0.3, -0.25) is 4.79 Å². The molecule has 1 amide bonds. The van der Waals surface area contributed by atoms with Crippen LogP contribution in [0.1, 0.15) is 6.42 Å². The Morgan fingerprint density at radius 2 is 2.00 bits per heavy atom. The number of benzene rings is 1. The average Bonchev–Trinajstić information content (AvgIpc) is 2.36. The van der Waals surface area contributed by atoms with Crippen LogP contribution in [0.5, 0.6) is 0 Å². The van der Waals surface area contributed by atoms with E-state index < -0.39 is 6.04 Å². The van der Waals surface area contributed by atoms with Crippen molar-refractivity contribution in [3.63, 3.8) is 0 Å².